The molecule has 0 aliphatic heterocycles. The predicted octanol–water partition coefficient (Wildman–Crippen LogP) is 5.05. The largest absolute Gasteiger partial charge is 0.489 e. The number of carbonyl (C=O) groups is 2. The van der Waals surface area contributed by atoms with Crippen molar-refractivity contribution in [2.75, 3.05) is 38.0 Å². The molecule has 0 heterocycles. The Hall–Kier alpha value is -2.43. The molecule has 1 amide bonds. The normalized spacial score (nSPS) is 11.2. The summed E-state index contributed by atoms with van der Waals surface area (Å²) in [5.41, 5.74) is -1.15. The van der Waals surface area contributed by atoms with Crippen LogP contribution in [0, 0.1) is 0 Å². The highest BCUT2D eigenvalue weighted by molar-refractivity contribution is 7.99. The molecule has 0 aromatic heterocycles. The quantitative estimate of drug-likeness (QED) is 0.269. The van der Waals surface area contributed by atoms with E-state index in [-0.39, 0.29) is 31.1 Å². The number of halogens is 4. The van der Waals surface area contributed by atoms with Crippen molar-refractivity contribution in [1.82, 2.24) is 0 Å². The first-order chi connectivity index (χ1) is 15.2. The number of thioether (sulfide) groups is 1. The molecule has 0 aliphatic carbocycles. The fraction of sp³-hybridized carbons (Fsp3) is 0.333. The third-order valence-electron chi connectivity index (χ3n) is 3.89. The van der Waals surface area contributed by atoms with E-state index in [1.165, 1.54) is 18.9 Å². The number of rotatable bonds is 11. The number of methoxy groups -OCH3 is 1. The Balaban J connectivity index is 1.88. The molecule has 0 aliphatic rings. The third kappa shape index (κ3) is 8.60. The molecule has 2 aromatic rings. The van der Waals surface area contributed by atoms with Crippen molar-refractivity contribution in [3.05, 3.63) is 53.1 Å². The van der Waals surface area contributed by atoms with E-state index in [9.17, 15) is 22.8 Å². The molecule has 0 saturated carbocycles. The number of ether oxygens (including phenoxy) is 3. The van der Waals surface area contributed by atoms with E-state index in [2.05, 4.69) is 5.32 Å². The van der Waals surface area contributed by atoms with Gasteiger partial charge in [0.2, 0.25) is 0 Å². The monoisotopic (exact) mass is 491 g/mol. The van der Waals surface area contributed by atoms with Crippen LogP contribution in [0.4, 0.5) is 18.9 Å². The van der Waals surface area contributed by atoms with Gasteiger partial charge in [0.1, 0.15) is 12.4 Å². The molecular weight excluding hydrogens is 471 g/mol. The topological polar surface area (TPSA) is 73.9 Å². The van der Waals surface area contributed by atoms with Gasteiger partial charge in [-0.1, -0.05) is 23.7 Å². The van der Waals surface area contributed by atoms with Crippen LogP contribution in [-0.4, -0.2) is 44.6 Å². The highest BCUT2D eigenvalue weighted by Crippen LogP contribution is 2.35. The molecule has 0 unspecified atom stereocenters. The van der Waals surface area contributed by atoms with Crippen LogP contribution in [0.2, 0.25) is 5.02 Å². The van der Waals surface area contributed by atoms with Gasteiger partial charge in [-0.25, -0.2) is 0 Å². The number of amides is 1. The van der Waals surface area contributed by atoms with Crippen LogP contribution in [-0.2, 0) is 25.2 Å². The molecule has 174 valence electrons. The molecule has 0 spiro atoms. The van der Waals surface area contributed by atoms with Crippen LogP contribution in [0.15, 0.2) is 47.4 Å². The van der Waals surface area contributed by atoms with Gasteiger partial charge in [0.05, 0.1) is 29.3 Å². The Labute approximate surface area is 192 Å². The Morgan fingerprint density at radius 1 is 1.12 bits per heavy atom. The van der Waals surface area contributed by atoms with Crippen molar-refractivity contribution in [2.24, 2.45) is 0 Å². The summed E-state index contributed by atoms with van der Waals surface area (Å²) in [5, 5.41) is 2.85. The minimum absolute atomic E-state index is 0.0259. The molecule has 0 saturated heterocycles. The maximum absolute atomic E-state index is 13.0. The van der Waals surface area contributed by atoms with E-state index in [0.29, 0.717) is 10.8 Å². The SMILES string of the molecule is COCCOc1ccc(C(F)(F)F)cc1NC(=O)COC(=O)CCSc1ccccc1Cl. The molecule has 11 heteroatoms. The van der Waals surface area contributed by atoms with Crippen molar-refractivity contribution >= 4 is 40.9 Å². The number of anilines is 1. The Kier molecular flexibility index (Phi) is 10.1. The van der Waals surface area contributed by atoms with E-state index >= 15 is 0 Å². The minimum Gasteiger partial charge on any atom is -0.489 e. The van der Waals surface area contributed by atoms with Crippen molar-refractivity contribution in [2.45, 2.75) is 17.5 Å². The predicted molar refractivity (Wildman–Crippen MR) is 115 cm³/mol. The second-order valence-corrected chi connectivity index (χ2v) is 7.83. The molecule has 0 radical (unpaired) electrons. The molecule has 0 atom stereocenters. The third-order valence-corrected chi connectivity index (χ3v) is 5.41. The van der Waals surface area contributed by atoms with E-state index in [4.69, 9.17) is 25.8 Å². The first kappa shape index (κ1) is 25.8. The summed E-state index contributed by atoms with van der Waals surface area (Å²) in [4.78, 5) is 24.8. The molecule has 1 N–H and O–H groups in total. The van der Waals surface area contributed by atoms with Crippen LogP contribution in [0.3, 0.4) is 0 Å². The van der Waals surface area contributed by atoms with Crippen LogP contribution < -0.4 is 10.1 Å². The lowest BCUT2D eigenvalue weighted by atomic mass is 10.1. The van der Waals surface area contributed by atoms with Gasteiger partial charge in [-0.2, -0.15) is 13.2 Å². The van der Waals surface area contributed by atoms with Gasteiger partial charge in [0.25, 0.3) is 5.91 Å². The first-order valence-corrected chi connectivity index (χ1v) is 10.7. The fourth-order valence-electron chi connectivity index (χ4n) is 2.38. The lowest BCUT2D eigenvalue weighted by molar-refractivity contribution is -0.146. The van der Waals surface area contributed by atoms with Crippen LogP contribution >= 0.6 is 23.4 Å². The summed E-state index contributed by atoms with van der Waals surface area (Å²) in [5.74, 6) is -1.01. The summed E-state index contributed by atoms with van der Waals surface area (Å²) in [7, 11) is 1.44. The van der Waals surface area contributed by atoms with Gasteiger partial charge in [-0.3, -0.25) is 9.59 Å². The fourth-order valence-corrected chi connectivity index (χ4v) is 3.54. The smallest absolute Gasteiger partial charge is 0.416 e. The average Bonchev–Trinajstić information content (AvgIpc) is 2.74. The van der Waals surface area contributed by atoms with Crippen molar-refractivity contribution < 1.29 is 37.0 Å². The minimum atomic E-state index is -4.60. The zero-order valence-electron chi connectivity index (χ0n) is 17.0. The summed E-state index contributed by atoms with van der Waals surface area (Å²) >= 11 is 7.39. The van der Waals surface area contributed by atoms with Crippen LogP contribution in [0.1, 0.15) is 12.0 Å². The number of benzene rings is 2. The van der Waals surface area contributed by atoms with E-state index in [1.807, 2.05) is 12.1 Å². The van der Waals surface area contributed by atoms with Gasteiger partial charge < -0.3 is 19.5 Å². The number of hydrogen-bond acceptors (Lipinski definition) is 6. The molecule has 2 rings (SSSR count). The zero-order valence-corrected chi connectivity index (χ0v) is 18.6. The highest BCUT2D eigenvalue weighted by atomic mass is 35.5. The van der Waals surface area contributed by atoms with Crippen molar-refractivity contribution in [1.29, 1.82) is 0 Å². The van der Waals surface area contributed by atoms with Gasteiger partial charge in [-0.15, -0.1) is 11.8 Å². The molecule has 0 bridgehead atoms. The Morgan fingerprint density at radius 2 is 1.88 bits per heavy atom. The zero-order chi connectivity index (χ0) is 23.6. The van der Waals surface area contributed by atoms with Gasteiger partial charge in [0, 0.05) is 17.8 Å². The van der Waals surface area contributed by atoms with E-state index in [0.717, 1.165) is 23.1 Å². The maximum Gasteiger partial charge on any atom is 0.416 e. The van der Waals surface area contributed by atoms with Crippen molar-refractivity contribution in [3.8, 4) is 5.75 Å². The van der Waals surface area contributed by atoms with Gasteiger partial charge in [-0.05, 0) is 30.3 Å². The number of nitrogens with one attached hydrogen (secondary N) is 1. The Morgan fingerprint density at radius 3 is 2.56 bits per heavy atom. The second-order valence-electron chi connectivity index (χ2n) is 6.29. The number of alkyl halides is 3. The maximum atomic E-state index is 13.0. The second kappa shape index (κ2) is 12.6. The lowest BCUT2D eigenvalue weighted by Crippen LogP contribution is -2.22. The molecule has 2 aromatic carbocycles. The molecule has 0 fully saturated rings. The summed E-state index contributed by atoms with van der Waals surface area (Å²) in [6.45, 7) is -0.371. The molecule has 6 nitrogen and oxygen atoms in total. The standard InChI is InChI=1S/C21H21ClF3NO5S/c1-29-9-10-30-17-7-6-14(21(23,24)25)12-16(17)26-19(27)13-31-20(28)8-11-32-18-5-3-2-4-15(18)22/h2-7,12H,8-11,13H2,1H3,(H,26,27). The lowest BCUT2D eigenvalue weighted by Gasteiger charge is -2.15. The van der Waals surface area contributed by atoms with E-state index in [1.54, 1.807) is 12.1 Å². The molecular formula is C21H21ClF3NO5S. The van der Waals surface area contributed by atoms with Gasteiger partial charge in [0.15, 0.2) is 6.61 Å². The van der Waals surface area contributed by atoms with Crippen LogP contribution in [0.5, 0.6) is 5.75 Å². The van der Waals surface area contributed by atoms with Crippen LogP contribution in [0.25, 0.3) is 0 Å². The van der Waals surface area contributed by atoms with Gasteiger partial charge >= 0.3 is 12.1 Å². The summed E-state index contributed by atoms with van der Waals surface area (Å²) in [6, 6.07) is 9.85. The molecule has 32 heavy (non-hydrogen) atoms. The summed E-state index contributed by atoms with van der Waals surface area (Å²) < 4.78 is 54.1. The average molecular weight is 492 g/mol. The van der Waals surface area contributed by atoms with Crippen molar-refractivity contribution in [3.63, 3.8) is 0 Å². The number of carbonyl (C=O) groups excluding carboxylic acids is 2. The summed E-state index contributed by atoms with van der Waals surface area (Å²) in [6.07, 6.45) is -4.57. The van der Waals surface area contributed by atoms with E-state index < -0.39 is 30.2 Å². The Bertz CT molecular complexity index is 927. The first-order valence-electron chi connectivity index (χ1n) is 9.36. The number of hydrogen-bond donors (Lipinski definition) is 1. The number of esters is 1. The highest BCUT2D eigenvalue weighted by Gasteiger charge is 2.31.